The minimum atomic E-state index is -0.0766. The predicted molar refractivity (Wildman–Crippen MR) is 114 cm³/mol. The van der Waals surface area contributed by atoms with E-state index < -0.39 is 0 Å². The second-order valence-electron chi connectivity index (χ2n) is 6.62. The summed E-state index contributed by atoms with van der Waals surface area (Å²) in [4.78, 5) is 17.9. The number of nitrogens with zero attached hydrogens (tertiary/aromatic N) is 1. The Hall–Kier alpha value is -2.79. The summed E-state index contributed by atoms with van der Waals surface area (Å²) in [5.74, 6) is 0.471. The topological polar surface area (TPSA) is 51.2 Å². The van der Waals surface area contributed by atoms with Crippen molar-refractivity contribution >= 4 is 17.7 Å². The van der Waals surface area contributed by atoms with Gasteiger partial charge in [-0.1, -0.05) is 56.3 Å². The van der Waals surface area contributed by atoms with E-state index in [9.17, 15) is 4.79 Å². The fraction of sp³-hybridized carbons (Fsp3) is 0.217. The lowest BCUT2D eigenvalue weighted by Crippen LogP contribution is -2.23. The zero-order valence-corrected chi connectivity index (χ0v) is 16.9. The molecule has 5 heteroatoms. The highest BCUT2D eigenvalue weighted by Gasteiger charge is 2.12. The van der Waals surface area contributed by atoms with Gasteiger partial charge in [0.05, 0.1) is 5.56 Å². The highest BCUT2D eigenvalue weighted by atomic mass is 32.2. The Bertz CT molecular complexity index is 913. The molecule has 1 amide bonds. The number of pyridine rings is 1. The summed E-state index contributed by atoms with van der Waals surface area (Å²) in [7, 11) is 0. The van der Waals surface area contributed by atoms with Gasteiger partial charge < -0.3 is 10.1 Å². The number of carbonyl (C=O) groups is 1. The van der Waals surface area contributed by atoms with E-state index in [1.807, 2.05) is 66.7 Å². The number of hydrogen-bond donors (Lipinski definition) is 1. The smallest absolute Gasteiger partial charge is 0.252 e. The zero-order chi connectivity index (χ0) is 19.8. The molecule has 0 radical (unpaired) electrons. The van der Waals surface area contributed by atoms with E-state index in [2.05, 4.69) is 24.1 Å². The zero-order valence-electron chi connectivity index (χ0n) is 16.1. The maximum atomic E-state index is 12.6. The van der Waals surface area contributed by atoms with E-state index in [4.69, 9.17) is 4.74 Å². The second kappa shape index (κ2) is 9.95. The van der Waals surface area contributed by atoms with Crippen molar-refractivity contribution in [2.24, 2.45) is 0 Å². The van der Waals surface area contributed by atoms with Gasteiger partial charge in [0.2, 0.25) is 5.88 Å². The Balaban J connectivity index is 1.60. The average molecular weight is 393 g/mol. The lowest BCUT2D eigenvalue weighted by molar-refractivity contribution is 0.0948. The minimum Gasteiger partial charge on any atom is -0.473 e. The van der Waals surface area contributed by atoms with Crippen molar-refractivity contribution in [3.05, 3.63) is 89.6 Å². The number of aromatic nitrogens is 1. The van der Waals surface area contributed by atoms with Crippen molar-refractivity contribution in [1.29, 1.82) is 0 Å². The van der Waals surface area contributed by atoms with Gasteiger partial charge in [0.15, 0.2) is 0 Å². The van der Waals surface area contributed by atoms with Gasteiger partial charge in [0.25, 0.3) is 5.91 Å². The van der Waals surface area contributed by atoms with Crippen molar-refractivity contribution < 1.29 is 9.53 Å². The Kier molecular flexibility index (Phi) is 7.09. The van der Waals surface area contributed by atoms with E-state index in [-0.39, 0.29) is 5.91 Å². The van der Waals surface area contributed by atoms with Gasteiger partial charge in [-0.15, -0.1) is 11.8 Å². The molecule has 0 aliphatic heterocycles. The molecule has 1 heterocycles. The minimum absolute atomic E-state index is 0.0766. The van der Waals surface area contributed by atoms with Gasteiger partial charge >= 0.3 is 0 Å². The van der Waals surface area contributed by atoms with Crippen molar-refractivity contribution in [2.75, 3.05) is 0 Å². The average Bonchev–Trinajstić information content (AvgIpc) is 2.71. The van der Waals surface area contributed by atoms with E-state index in [0.717, 1.165) is 16.0 Å². The predicted octanol–water partition coefficient (Wildman–Crippen LogP) is 5.09. The molecule has 2 aromatic carbocycles. The number of ether oxygens (including phenoxy) is 1. The van der Waals surface area contributed by atoms with Crippen molar-refractivity contribution in [3.63, 3.8) is 0 Å². The largest absolute Gasteiger partial charge is 0.473 e. The van der Waals surface area contributed by atoms with E-state index in [1.165, 1.54) is 0 Å². The highest BCUT2D eigenvalue weighted by molar-refractivity contribution is 8.00. The fourth-order valence-electron chi connectivity index (χ4n) is 2.66. The van der Waals surface area contributed by atoms with Crippen LogP contribution >= 0.6 is 11.8 Å². The molecule has 0 unspecified atom stereocenters. The molecular weight excluding hydrogens is 368 g/mol. The Morgan fingerprint density at radius 2 is 1.79 bits per heavy atom. The number of hydrogen-bond acceptors (Lipinski definition) is 4. The summed E-state index contributed by atoms with van der Waals surface area (Å²) in [6.45, 7) is 5.12. The summed E-state index contributed by atoms with van der Waals surface area (Å²) < 4.78 is 5.76. The number of thioether (sulfide) groups is 1. The number of benzene rings is 2. The van der Waals surface area contributed by atoms with Crippen LogP contribution in [0.3, 0.4) is 0 Å². The van der Waals surface area contributed by atoms with Crippen LogP contribution in [0.15, 0.2) is 77.8 Å². The van der Waals surface area contributed by atoms with Crippen molar-refractivity contribution in [2.45, 2.75) is 37.1 Å². The third-order valence-electron chi connectivity index (χ3n) is 3.98. The van der Waals surface area contributed by atoms with Gasteiger partial charge in [0.1, 0.15) is 6.61 Å². The first-order valence-electron chi connectivity index (χ1n) is 9.27. The fourth-order valence-corrected chi connectivity index (χ4v) is 3.61. The quantitative estimate of drug-likeness (QED) is 0.543. The molecule has 28 heavy (non-hydrogen) atoms. The van der Waals surface area contributed by atoms with Gasteiger partial charge in [-0.05, 0) is 29.3 Å². The van der Waals surface area contributed by atoms with Crippen LogP contribution in [-0.4, -0.2) is 16.1 Å². The van der Waals surface area contributed by atoms with E-state index in [0.29, 0.717) is 29.8 Å². The van der Waals surface area contributed by atoms with Crippen LogP contribution in [0.4, 0.5) is 0 Å². The summed E-state index contributed by atoms with van der Waals surface area (Å²) in [5, 5.41) is 3.41. The molecule has 0 spiro atoms. The first-order chi connectivity index (χ1) is 13.6. The molecule has 0 fully saturated rings. The molecule has 3 aromatic rings. The number of nitrogens with one attached hydrogen (secondary N) is 1. The third-order valence-corrected chi connectivity index (χ3v) is 5.06. The first-order valence-corrected chi connectivity index (χ1v) is 10.2. The standard InChI is InChI=1S/C23H24N2O2S/c1-17(2)28-21-11-7-6-10-20(21)23(26)25-15-19-12-13-24-22(14-19)27-16-18-8-4-3-5-9-18/h3-14,17H,15-16H2,1-2H3,(H,25,26). The Labute approximate surface area is 170 Å². The van der Waals surface area contributed by atoms with Crippen LogP contribution in [0.2, 0.25) is 0 Å². The van der Waals surface area contributed by atoms with Crippen LogP contribution in [0.1, 0.15) is 35.3 Å². The SMILES string of the molecule is CC(C)Sc1ccccc1C(=O)NCc1ccnc(OCc2ccccc2)c1. The van der Waals surface area contributed by atoms with Crippen LogP contribution in [-0.2, 0) is 13.2 Å². The Morgan fingerprint density at radius 1 is 1.04 bits per heavy atom. The van der Waals surface area contributed by atoms with Crippen LogP contribution in [0, 0.1) is 0 Å². The Morgan fingerprint density at radius 3 is 2.57 bits per heavy atom. The molecule has 3 rings (SSSR count). The maximum absolute atomic E-state index is 12.6. The monoisotopic (exact) mass is 392 g/mol. The van der Waals surface area contributed by atoms with Crippen molar-refractivity contribution in [3.8, 4) is 5.88 Å². The molecule has 144 valence electrons. The lowest BCUT2D eigenvalue weighted by Gasteiger charge is -2.12. The van der Waals surface area contributed by atoms with Gasteiger partial charge in [0, 0.05) is 29.0 Å². The van der Waals surface area contributed by atoms with Crippen molar-refractivity contribution in [1.82, 2.24) is 10.3 Å². The number of carbonyl (C=O) groups excluding carboxylic acids is 1. The van der Waals surface area contributed by atoms with Crippen LogP contribution in [0.5, 0.6) is 5.88 Å². The van der Waals surface area contributed by atoms with E-state index in [1.54, 1.807) is 18.0 Å². The maximum Gasteiger partial charge on any atom is 0.252 e. The first kappa shape index (κ1) is 20.0. The summed E-state index contributed by atoms with van der Waals surface area (Å²) in [5.41, 5.74) is 2.73. The number of rotatable bonds is 8. The van der Waals surface area contributed by atoms with Crippen LogP contribution < -0.4 is 10.1 Å². The number of amides is 1. The molecule has 0 atom stereocenters. The van der Waals surface area contributed by atoms with Crippen LogP contribution in [0.25, 0.3) is 0 Å². The normalized spacial score (nSPS) is 10.7. The van der Waals surface area contributed by atoms with Gasteiger partial charge in [-0.3, -0.25) is 4.79 Å². The molecule has 1 N–H and O–H groups in total. The summed E-state index contributed by atoms with van der Waals surface area (Å²) >= 11 is 1.69. The highest BCUT2D eigenvalue weighted by Crippen LogP contribution is 2.26. The lowest BCUT2D eigenvalue weighted by atomic mass is 10.2. The second-order valence-corrected chi connectivity index (χ2v) is 8.24. The third kappa shape index (κ3) is 5.86. The molecule has 1 aromatic heterocycles. The van der Waals surface area contributed by atoms with Gasteiger partial charge in [-0.2, -0.15) is 0 Å². The molecule has 4 nitrogen and oxygen atoms in total. The molecular formula is C23H24N2O2S. The van der Waals surface area contributed by atoms with E-state index >= 15 is 0 Å². The molecule has 0 saturated heterocycles. The molecule has 0 aliphatic rings. The molecule has 0 bridgehead atoms. The van der Waals surface area contributed by atoms with Gasteiger partial charge in [-0.25, -0.2) is 4.98 Å². The molecule has 0 aliphatic carbocycles. The molecule has 0 saturated carbocycles. The summed E-state index contributed by atoms with van der Waals surface area (Å²) in [6.07, 6.45) is 1.70. The summed E-state index contributed by atoms with van der Waals surface area (Å²) in [6, 6.07) is 21.4.